The van der Waals surface area contributed by atoms with Crippen LogP contribution >= 0.6 is 11.3 Å². The van der Waals surface area contributed by atoms with Crippen LogP contribution in [0.15, 0.2) is 34.7 Å². The molecular weight excluding hydrogens is 418 g/mol. The molecule has 0 atom stereocenters. The molecule has 1 aromatic carbocycles. The number of hydrogen-bond acceptors (Lipinski definition) is 9. The topological polar surface area (TPSA) is 141 Å². The predicted octanol–water partition coefficient (Wildman–Crippen LogP) is 3.46. The Bertz CT molecular complexity index is 1330. The third-order valence-corrected chi connectivity index (χ3v) is 6.09. The summed E-state index contributed by atoms with van der Waals surface area (Å²) in [6.07, 6.45) is -0.975. The molecule has 1 saturated heterocycles. The minimum absolute atomic E-state index is 0.135. The van der Waals surface area contributed by atoms with Crippen LogP contribution in [0, 0.1) is 11.3 Å². The van der Waals surface area contributed by atoms with Crippen molar-refractivity contribution in [3.8, 4) is 22.5 Å². The Kier molecular flexibility index (Phi) is 4.62. The molecule has 4 aromatic rings. The molecule has 4 heterocycles. The van der Waals surface area contributed by atoms with Crippen molar-refractivity contribution in [1.29, 1.82) is 5.26 Å². The van der Waals surface area contributed by atoms with E-state index in [4.69, 9.17) is 30.3 Å². The molecule has 3 aromatic heterocycles. The van der Waals surface area contributed by atoms with Crippen LogP contribution in [0.3, 0.4) is 0 Å². The first-order valence-electron chi connectivity index (χ1n) is 9.52. The van der Waals surface area contributed by atoms with Gasteiger partial charge in [-0.2, -0.15) is 5.26 Å². The number of nitrogens with two attached hydrogens (primary N) is 2. The number of nitrogens with zero attached hydrogens (tertiary/aromatic N) is 3. The van der Waals surface area contributed by atoms with Crippen molar-refractivity contribution in [1.82, 2.24) is 4.98 Å². The minimum atomic E-state index is -0.975. The van der Waals surface area contributed by atoms with Crippen LogP contribution in [-0.2, 0) is 4.74 Å². The zero-order valence-corrected chi connectivity index (χ0v) is 17.1. The molecule has 1 fully saturated rings. The summed E-state index contributed by atoms with van der Waals surface area (Å²) < 4.78 is 16.6. The number of anilines is 2. The van der Waals surface area contributed by atoms with E-state index in [1.165, 1.54) is 0 Å². The van der Waals surface area contributed by atoms with Gasteiger partial charge in [-0.05, 0) is 12.1 Å². The number of nitrogen functional groups attached to an aromatic ring is 1. The maximum Gasteiger partial charge on any atom is 0.410 e. The Labute approximate surface area is 180 Å². The fourth-order valence-corrected chi connectivity index (χ4v) is 4.71. The van der Waals surface area contributed by atoms with Gasteiger partial charge in [-0.1, -0.05) is 29.5 Å². The normalized spacial score (nSPS) is 14.1. The zero-order valence-electron chi connectivity index (χ0n) is 16.3. The number of amides is 1. The van der Waals surface area contributed by atoms with Gasteiger partial charge in [0.1, 0.15) is 33.6 Å². The maximum absolute atomic E-state index is 11.3. The molecule has 0 aliphatic carbocycles. The molecule has 0 spiro atoms. The molecule has 31 heavy (non-hydrogen) atoms. The Morgan fingerprint density at radius 3 is 2.77 bits per heavy atom. The van der Waals surface area contributed by atoms with Crippen LogP contribution in [0.5, 0.6) is 5.06 Å². The fourth-order valence-electron chi connectivity index (χ4n) is 3.75. The van der Waals surface area contributed by atoms with E-state index in [9.17, 15) is 10.1 Å². The first-order chi connectivity index (χ1) is 15.1. The second kappa shape index (κ2) is 7.46. The molecule has 0 saturated carbocycles. The van der Waals surface area contributed by atoms with Gasteiger partial charge in [-0.25, -0.2) is 9.78 Å². The first-order valence-corrected chi connectivity index (χ1v) is 10.3. The van der Waals surface area contributed by atoms with Gasteiger partial charge in [0.2, 0.25) is 5.06 Å². The molecule has 156 valence electrons. The van der Waals surface area contributed by atoms with Gasteiger partial charge in [0.25, 0.3) is 0 Å². The van der Waals surface area contributed by atoms with Crippen LogP contribution < -0.4 is 21.1 Å². The lowest BCUT2D eigenvalue weighted by Crippen LogP contribution is -2.37. The highest BCUT2D eigenvalue weighted by Gasteiger charge is 2.28. The van der Waals surface area contributed by atoms with Gasteiger partial charge in [0.15, 0.2) is 0 Å². The molecule has 0 bridgehead atoms. The number of para-hydroxylation sites is 1. The number of rotatable bonds is 3. The Hall–Kier alpha value is -3.81. The number of carbonyl (C=O) groups excluding carboxylic acids is 1. The van der Waals surface area contributed by atoms with E-state index in [1.54, 1.807) is 0 Å². The summed E-state index contributed by atoms with van der Waals surface area (Å²) in [6, 6.07) is 11.7. The highest BCUT2D eigenvalue weighted by molar-refractivity contribution is 7.21. The standard InChI is InChI=1S/C21H17N5O4S/c22-10-12-15(14-9-11-3-1-2-4-13(11)29-14)16-17(23)20(30-21(24)27)31-19(16)25-18(12)26-5-7-28-8-6-26/h1-4,9H,5-8,23H2,(H2,24,27). The van der Waals surface area contributed by atoms with E-state index in [0.29, 0.717) is 64.8 Å². The maximum atomic E-state index is 11.3. The van der Waals surface area contributed by atoms with Gasteiger partial charge in [0, 0.05) is 18.5 Å². The second-order valence-electron chi connectivity index (χ2n) is 6.95. The number of nitriles is 1. The molecule has 1 amide bonds. The molecule has 4 N–H and O–H groups in total. The van der Waals surface area contributed by atoms with Gasteiger partial charge in [-0.15, -0.1) is 0 Å². The van der Waals surface area contributed by atoms with E-state index in [-0.39, 0.29) is 10.8 Å². The number of morpholine rings is 1. The number of fused-ring (bicyclic) bond motifs is 2. The van der Waals surface area contributed by atoms with Crippen LogP contribution in [0.4, 0.5) is 16.3 Å². The fraction of sp³-hybridized carbons (Fsp3) is 0.190. The van der Waals surface area contributed by atoms with E-state index >= 15 is 0 Å². The molecule has 5 rings (SSSR count). The van der Waals surface area contributed by atoms with Crippen molar-refractivity contribution in [2.24, 2.45) is 5.73 Å². The minimum Gasteiger partial charge on any atom is -0.456 e. The quantitative estimate of drug-likeness (QED) is 0.498. The molecule has 0 unspecified atom stereocenters. The smallest absolute Gasteiger partial charge is 0.410 e. The second-order valence-corrected chi connectivity index (χ2v) is 7.91. The summed E-state index contributed by atoms with van der Waals surface area (Å²) in [5, 5.41) is 11.7. The van der Waals surface area contributed by atoms with Crippen molar-refractivity contribution >= 4 is 50.1 Å². The molecular formula is C21H17N5O4S. The summed E-state index contributed by atoms with van der Waals surface area (Å²) in [5.41, 5.74) is 13.2. The van der Waals surface area contributed by atoms with Crippen molar-refractivity contribution in [3.05, 3.63) is 35.9 Å². The third-order valence-electron chi connectivity index (χ3n) is 5.11. The van der Waals surface area contributed by atoms with Crippen LogP contribution in [0.25, 0.3) is 32.5 Å². The van der Waals surface area contributed by atoms with Gasteiger partial charge >= 0.3 is 6.09 Å². The van der Waals surface area contributed by atoms with Gasteiger partial charge < -0.3 is 30.3 Å². The van der Waals surface area contributed by atoms with Crippen molar-refractivity contribution in [2.45, 2.75) is 0 Å². The largest absolute Gasteiger partial charge is 0.456 e. The first kappa shape index (κ1) is 19.2. The summed E-state index contributed by atoms with van der Waals surface area (Å²) >= 11 is 1.10. The highest BCUT2D eigenvalue weighted by atomic mass is 32.1. The lowest BCUT2D eigenvalue weighted by atomic mass is 10.0. The van der Waals surface area contributed by atoms with Crippen LogP contribution in [0.2, 0.25) is 0 Å². The molecule has 0 radical (unpaired) electrons. The van der Waals surface area contributed by atoms with E-state index in [1.807, 2.05) is 35.2 Å². The SMILES string of the molecule is N#Cc1c(N2CCOCC2)nc2sc(OC(N)=O)c(N)c2c1-c1cc2ccccc2o1. The number of thiophene rings is 1. The molecule has 10 heteroatoms. The zero-order chi connectivity index (χ0) is 21.5. The molecule has 1 aliphatic rings. The van der Waals surface area contributed by atoms with Gasteiger partial charge in [0.05, 0.1) is 29.9 Å². The van der Waals surface area contributed by atoms with Crippen LogP contribution in [0.1, 0.15) is 5.56 Å². The van der Waals surface area contributed by atoms with E-state index in [2.05, 4.69) is 6.07 Å². The highest BCUT2D eigenvalue weighted by Crippen LogP contribution is 2.48. The van der Waals surface area contributed by atoms with Crippen molar-refractivity contribution in [2.75, 3.05) is 36.9 Å². The number of furan rings is 1. The number of benzene rings is 1. The van der Waals surface area contributed by atoms with Crippen LogP contribution in [-0.4, -0.2) is 37.4 Å². The number of ether oxygens (including phenoxy) is 2. The predicted molar refractivity (Wildman–Crippen MR) is 117 cm³/mol. The van der Waals surface area contributed by atoms with E-state index < -0.39 is 6.09 Å². The van der Waals surface area contributed by atoms with Crippen molar-refractivity contribution in [3.63, 3.8) is 0 Å². The summed E-state index contributed by atoms with van der Waals surface area (Å²) in [7, 11) is 0. The lowest BCUT2D eigenvalue weighted by molar-refractivity contribution is 0.122. The van der Waals surface area contributed by atoms with Crippen molar-refractivity contribution < 1.29 is 18.7 Å². The van der Waals surface area contributed by atoms with Gasteiger partial charge in [-0.3, -0.25) is 0 Å². The Morgan fingerprint density at radius 1 is 1.29 bits per heavy atom. The van der Waals surface area contributed by atoms with E-state index in [0.717, 1.165) is 16.7 Å². The number of pyridine rings is 1. The number of hydrogen-bond donors (Lipinski definition) is 2. The average molecular weight is 435 g/mol. The Morgan fingerprint density at radius 2 is 2.06 bits per heavy atom. The molecule has 1 aliphatic heterocycles. The summed E-state index contributed by atoms with van der Waals surface area (Å²) in [5.74, 6) is 0.996. The Balaban J connectivity index is 1.83. The third kappa shape index (κ3) is 3.20. The summed E-state index contributed by atoms with van der Waals surface area (Å²) in [4.78, 5) is 18.6. The monoisotopic (exact) mass is 435 g/mol. The summed E-state index contributed by atoms with van der Waals surface area (Å²) in [6.45, 7) is 2.26. The average Bonchev–Trinajstić information content (AvgIpc) is 3.34. The molecule has 9 nitrogen and oxygen atoms in total. The number of primary amides is 1. The number of carbonyl (C=O) groups is 1. The lowest BCUT2D eigenvalue weighted by Gasteiger charge is -2.29. The number of aromatic nitrogens is 1.